The molecule has 8 heteroatoms. The molecule has 378 valence electrons. The minimum absolute atomic E-state index is 0.120. The highest BCUT2D eigenvalue weighted by molar-refractivity contribution is 7.97. The largest absolute Gasteiger partial charge is 0.487 e. The van der Waals surface area contributed by atoms with Crippen molar-refractivity contribution < 1.29 is 26.3 Å². The molecule has 0 aliphatic heterocycles. The average Bonchev–Trinajstić information content (AvgIpc) is 3.23. The van der Waals surface area contributed by atoms with Crippen LogP contribution in [0.4, 0.5) is 26.3 Å². The number of alkyl halides is 6. The molecule has 0 aliphatic carbocycles. The van der Waals surface area contributed by atoms with Crippen molar-refractivity contribution in [3.8, 4) is 0 Å². The van der Waals surface area contributed by atoms with Crippen LogP contribution in [0.25, 0.3) is 0 Å². The van der Waals surface area contributed by atoms with Crippen LogP contribution in [0.2, 0.25) is 0 Å². The summed E-state index contributed by atoms with van der Waals surface area (Å²) in [5.74, 6) is 0. The third kappa shape index (κ3) is 16.1. The van der Waals surface area contributed by atoms with Crippen LogP contribution in [0.3, 0.4) is 0 Å². The molecule has 0 saturated carbocycles. The highest BCUT2D eigenvalue weighted by Gasteiger charge is 2.59. The molecule has 0 unspecified atom stereocenters. The second-order valence-corrected chi connectivity index (χ2v) is 28.3. The van der Waals surface area contributed by atoms with Crippen LogP contribution in [0.1, 0.15) is 158 Å². The van der Waals surface area contributed by atoms with Gasteiger partial charge in [0.1, 0.15) is 0 Å². The molecule has 0 spiro atoms. The first-order valence-corrected chi connectivity index (χ1v) is 26.5. The fraction of sp³-hybridized carbons (Fsp3) is 0.419. The number of hydrogen-bond acceptors (Lipinski definition) is 0. The molecule has 0 N–H and O–H groups in total. The van der Waals surface area contributed by atoms with E-state index in [1.54, 1.807) is 0 Å². The number of halogens is 6. The van der Waals surface area contributed by atoms with E-state index >= 15 is 0 Å². The Morgan fingerprint density at radius 1 is 0.200 bits per heavy atom. The first-order valence-electron chi connectivity index (χ1n) is 24.0. The Bertz CT molecular complexity index is 2090. The van der Waals surface area contributed by atoms with Gasteiger partial charge in [-0.15, -0.1) is 0 Å². The second kappa shape index (κ2) is 21.8. The molecule has 0 aliphatic rings. The summed E-state index contributed by atoms with van der Waals surface area (Å²) < 4.78 is 62.6. The lowest BCUT2D eigenvalue weighted by molar-refractivity contribution is -0.339. The molecule has 0 bridgehead atoms. The second-order valence-electron chi connectivity index (χ2n) is 24.3. The lowest BCUT2D eigenvalue weighted by Crippen LogP contribution is -2.30. The van der Waals surface area contributed by atoms with E-state index in [1.807, 2.05) is 0 Å². The maximum absolute atomic E-state index is 10.4. The minimum Gasteiger partial charge on any atom is -0.162 e. The van der Waals surface area contributed by atoms with Gasteiger partial charge in [-0.1, -0.05) is 197 Å². The van der Waals surface area contributed by atoms with Crippen LogP contribution in [0.5, 0.6) is 0 Å². The Labute approximate surface area is 423 Å². The van der Waals surface area contributed by atoms with E-state index < -0.39 is 12.4 Å². The zero-order chi connectivity index (χ0) is 53.1. The summed E-state index contributed by atoms with van der Waals surface area (Å²) in [7, 11) is -0.240. The quantitative estimate of drug-likeness (QED) is 0.115. The van der Waals surface area contributed by atoms with Crippen molar-refractivity contribution in [2.75, 3.05) is 0 Å². The molecular formula is C62H78F6S2+2. The standard InChI is InChI=1S/2C30H39S.C2F6/c2*1-28(2,3)22-10-16-25(17-11-22)31(26-18-12-23(13-19-26)29(4,5)6)27-20-14-24(15-21-27)30(7,8)9;3-1(4,5)2(6,7)8/h2*10-21H,1-9H3;/q2*+1;. The van der Waals surface area contributed by atoms with Crippen molar-refractivity contribution in [2.45, 2.75) is 199 Å². The third-order valence-corrected chi connectivity index (χ3v) is 16.5. The summed E-state index contributed by atoms with van der Waals surface area (Å²) in [6, 6.07) is 55.7. The van der Waals surface area contributed by atoms with Gasteiger partial charge in [0.25, 0.3) is 0 Å². The molecule has 6 rings (SSSR count). The van der Waals surface area contributed by atoms with Gasteiger partial charge in [0.2, 0.25) is 0 Å². The van der Waals surface area contributed by atoms with E-state index in [4.69, 9.17) is 0 Å². The van der Waals surface area contributed by atoms with Crippen molar-refractivity contribution in [1.29, 1.82) is 0 Å². The van der Waals surface area contributed by atoms with Gasteiger partial charge in [0, 0.05) is 0 Å². The number of hydrogen-bond donors (Lipinski definition) is 0. The maximum Gasteiger partial charge on any atom is 0.487 e. The predicted molar refractivity (Wildman–Crippen MR) is 287 cm³/mol. The molecule has 0 saturated heterocycles. The fourth-order valence-electron chi connectivity index (χ4n) is 7.36. The van der Waals surface area contributed by atoms with Gasteiger partial charge in [0.05, 0.1) is 21.8 Å². The van der Waals surface area contributed by atoms with Crippen LogP contribution < -0.4 is 0 Å². The number of benzene rings is 6. The summed E-state index contributed by atoms with van der Waals surface area (Å²) in [4.78, 5) is 8.25. The molecule has 0 heterocycles. The van der Waals surface area contributed by atoms with Crippen LogP contribution >= 0.6 is 0 Å². The summed E-state index contributed by atoms with van der Waals surface area (Å²) in [6.45, 7) is 41.0. The first kappa shape index (κ1) is 58.2. The lowest BCUT2D eigenvalue weighted by atomic mass is 9.87. The Balaban J connectivity index is 0.000000264. The Hall–Kier alpha value is -4.40. The van der Waals surface area contributed by atoms with E-state index in [-0.39, 0.29) is 54.3 Å². The summed E-state index contributed by atoms with van der Waals surface area (Å²) in [5, 5.41) is 0. The van der Waals surface area contributed by atoms with Crippen LogP contribution in [-0.4, -0.2) is 12.4 Å². The molecule has 70 heavy (non-hydrogen) atoms. The molecule has 0 aromatic heterocycles. The van der Waals surface area contributed by atoms with E-state index in [1.165, 1.54) is 62.8 Å². The van der Waals surface area contributed by atoms with E-state index in [0.717, 1.165) is 0 Å². The Morgan fingerprint density at radius 2 is 0.300 bits per heavy atom. The summed E-state index contributed by atoms with van der Waals surface area (Å²) >= 11 is 0. The molecule has 0 radical (unpaired) electrons. The molecule has 0 amide bonds. The molecule has 6 aromatic carbocycles. The maximum atomic E-state index is 10.4. The molecule has 0 fully saturated rings. The van der Waals surface area contributed by atoms with Crippen LogP contribution in [0, 0.1) is 0 Å². The SMILES string of the molecule is CC(C)(C)c1ccc([S+](c2ccc(C(C)(C)C)cc2)c2ccc(C(C)(C)C)cc2)cc1.CC(C)(C)c1ccc([S+](c2ccc(C(C)(C)C)cc2)c2ccc(C(C)(C)C)cc2)cc1.FC(F)(F)C(F)(F)F. The summed E-state index contributed by atoms with van der Waals surface area (Å²) in [6.07, 6.45) is -12.1. The van der Waals surface area contributed by atoms with Crippen molar-refractivity contribution in [2.24, 2.45) is 0 Å². The van der Waals surface area contributed by atoms with E-state index in [0.29, 0.717) is 0 Å². The van der Waals surface area contributed by atoms with E-state index in [2.05, 4.69) is 270 Å². The normalized spacial score (nSPS) is 13.1. The van der Waals surface area contributed by atoms with Crippen molar-refractivity contribution in [3.63, 3.8) is 0 Å². The number of rotatable bonds is 6. The van der Waals surface area contributed by atoms with Gasteiger partial charge in [-0.3, -0.25) is 0 Å². The lowest BCUT2D eigenvalue weighted by Gasteiger charge is -2.21. The topological polar surface area (TPSA) is 0 Å². The van der Waals surface area contributed by atoms with Gasteiger partial charge < -0.3 is 0 Å². The average molecular weight is 1000 g/mol. The zero-order valence-electron chi connectivity index (χ0n) is 44.9. The van der Waals surface area contributed by atoms with Crippen LogP contribution in [-0.2, 0) is 54.3 Å². The highest BCUT2D eigenvalue weighted by Crippen LogP contribution is 2.39. The van der Waals surface area contributed by atoms with Crippen molar-refractivity contribution >= 4 is 21.8 Å². The molecular weight excluding hydrogens is 923 g/mol. The monoisotopic (exact) mass is 1000 g/mol. The van der Waals surface area contributed by atoms with Crippen LogP contribution in [0.15, 0.2) is 175 Å². The van der Waals surface area contributed by atoms with Gasteiger partial charge in [0.15, 0.2) is 29.4 Å². The zero-order valence-corrected chi connectivity index (χ0v) is 46.6. The fourth-order valence-corrected chi connectivity index (χ4v) is 11.4. The summed E-state index contributed by atoms with van der Waals surface area (Å²) in [5.41, 5.74) is 9.28. The first-order chi connectivity index (χ1) is 31.8. The smallest absolute Gasteiger partial charge is 0.162 e. The molecule has 6 aromatic rings. The third-order valence-electron chi connectivity index (χ3n) is 12.1. The highest BCUT2D eigenvalue weighted by atomic mass is 32.2. The van der Waals surface area contributed by atoms with Crippen molar-refractivity contribution in [3.05, 3.63) is 179 Å². The Kier molecular flexibility index (Phi) is 18.1. The minimum atomic E-state index is -6.06. The van der Waals surface area contributed by atoms with Crippen molar-refractivity contribution in [1.82, 2.24) is 0 Å². The predicted octanol–water partition coefficient (Wildman–Crippen LogP) is 19.5. The molecule has 0 nitrogen and oxygen atoms in total. The van der Waals surface area contributed by atoms with Gasteiger partial charge in [-0.25, -0.2) is 0 Å². The van der Waals surface area contributed by atoms with Gasteiger partial charge >= 0.3 is 12.4 Å². The Morgan fingerprint density at radius 3 is 0.371 bits per heavy atom. The van der Waals surface area contributed by atoms with Gasteiger partial charge in [-0.2, -0.15) is 26.3 Å². The van der Waals surface area contributed by atoms with Gasteiger partial charge in [-0.05, 0) is 139 Å². The van der Waals surface area contributed by atoms with E-state index in [9.17, 15) is 26.3 Å². The molecule has 0 atom stereocenters.